The molecule has 0 fully saturated rings. The first-order valence-corrected chi connectivity index (χ1v) is 12.1. The first-order chi connectivity index (χ1) is 17.6. The molecule has 3 aromatic rings. The number of halogens is 1. The van der Waals surface area contributed by atoms with Crippen LogP contribution in [0.3, 0.4) is 0 Å². The highest BCUT2D eigenvalue weighted by Crippen LogP contribution is 2.48. The molecule has 3 aromatic carbocycles. The lowest BCUT2D eigenvalue weighted by Gasteiger charge is -2.30. The number of allylic oxidation sites excluding steroid dienone is 1. The largest absolute Gasteiger partial charge is 0.493 e. The van der Waals surface area contributed by atoms with Crippen molar-refractivity contribution in [2.45, 2.75) is 24.8 Å². The number of para-hydroxylation sites is 2. The van der Waals surface area contributed by atoms with Gasteiger partial charge in [-0.3, -0.25) is 4.79 Å². The summed E-state index contributed by atoms with van der Waals surface area (Å²) in [7, 11) is 3.23. The van der Waals surface area contributed by atoms with E-state index in [0.717, 1.165) is 28.2 Å². The molecule has 0 amide bonds. The quantitative estimate of drug-likeness (QED) is 0.446. The standard InChI is InChI=1S/C28H25ClN2O5/c1-33-23-8-7-15(11-24(23)34-2)16-9-21-27(22(32)10-16)28(31-20-6-4-3-5-19(20)30-21)17-12-25-26(13-18(17)29)36-14-35-25/h3-8,11-13,16,28,30-31H,9-10,14H2,1-2H3. The topological polar surface area (TPSA) is 78.1 Å². The summed E-state index contributed by atoms with van der Waals surface area (Å²) in [6, 6.07) is 16.9. The van der Waals surface area contributed by atoms with Gasteiger partial charge in [-0.15, -0.1) is 0 Å². The second kappa shape index (κ2) is 8.99. The Labute approximate surface area is 214 Å². The predicted octanol–water partition coefficient (Wildman–Crippen LogP) is 6.07. The van der Waals surface area contributed by atoms with Crippen LogP contribution in [0.4, 0.5) is 11.4 Å². The van der Waals surface area contributed by atoms with Crippen molar-refractivity contribution in [2.24, 2.45) is 0 Å². The number of rotatable bonds is 4. The van der Waals surface area contributed by atoms with Crippen LogP contribution in [-0.2, 0) is 4.79 Å². The van der Waals surface area contributed by atoms with E-state index in [2.05, 4.69) is 10.6 Å². The molecular formula is C28H25ClN2O5. The van der Waals surface area contributed by atoms with Crippen molar-refractivity contribution in [3.63, 3.8) is 0 Å². The first kappa shape index (κ1) is 22.6. The molecule has 0 radical (unpaired) electrons. The SMILES string of the molecule is COc1ccc(C2CC(=O)C3=C(C2)Nc2ccccc2NC3c2cc3c(cc2Cl)OCO3)cc1OC. The second-order valence-corrected chi connectivity index (χ2v) is 9.42. The monoisotopic (exact) mass is 504 g/mol. The van der Waals surface area contributed by atoms with Crippen molar-refractivity contribution >= 4 is 28.8 Å². The van der Waals surface area contributed by atoms with Gasteiger partial charge in [0, 0.05) is 29.3 Å². The highest BCUT2D eigenvalue weighted by molar-refractivity contribution is 6.31. The van der Waals surface area contributed by atoms with Gasteiger partial charge < -0.3 is 29.6 Å². The molecule has 0 bridgehead atoms. The average Bonchev–Trinajstić information content (AvgIpc) is 3.27. The maximum atomic E-state index is 13.8. The number of anilines is 2. The zero-order chi connectivity index (χ0) is 24.8. The predicted molar refractivity (Wildman–Crippen MR) is 138 cm³/mol. The average molecular weight is 505 g/mol. The van der Waals surface area contributed by atoms with Crippen molar-refractivity contribution in [2.75, 3.05) is 31.6 Å². The molecule has 1 aliphatic carbocycles. The van der Waals surface area contributed by atoms with E-state index in [4.69, 9.17) is 30.5 Å². The summed E-state index contributed by atoms with van der Waals surface area (Å²) in [6.07, 6.45) is 1.03. The molecule has 2 atom stereocenters. The summed E-state index contributed by atoms with van der Waals surface area (Å²) in [4.78, 5) is 13.8. The van der Waals surface area contributed by atoms with E-state index in [0.29, 0.717) is 46.4 Å². The van der Waals surface area contributed by atoms with Gasteiger partial charge >= 0.3 is 0 Å². The number of hydrogen-bond acceptors (Lipinski definition) is 7. The van der Waals surface area contributed by atoms with Crippen LogP contribution < -0.4 is 29.6 Å². The van der Waals surface area contributed by atoms with E-state index in [1.807, 2.05) is 48.5 Å². The number of hydrogen-bond donors (Lipinski definition) is 2. The minimum atomic E-state index is -0.447. The van der Waals surface area contributed by atoms with E-state index in [9.17, 15) is 4.79 Å². The fourth-order valence-electron chi connectivity index (χ4n) is 5.22. The summed E-state index contributed by atoms with van der Waals surface area (Å²) >= 11 is 6.73. The number of fused-ring (bicyclic) bond motifs is 2. The lowest BCUT2D eigenvalue weighted by atomic mass is 9.78. The van der Waals surface area contributed by atoms with Crippen LogP contribution in [0.15, 0.2) is 65.9 Å². The molecule has 0 saturated carbocycles. The Balaban J connectivity index is 1.45. The lowest BCUT2D eigenvalue weighted by Crippen LogP contribution is -2.27. The van der Waals surface area contributed by atoms with Gasteiger partial charge in [0.2, 0.25) is 6.79 Å². The van der Waals surface area contributed by atoms with Crippen molar-refractivity contribution in [3.05, 3.63) is 82.0 Å². The Kier molecular flexibility index (Phi) is 5.64. The zero-order valence-electron chi connectivity index (χ0n) is 19.9. The number of Topliss-reactive ketones (excluding diaryl/α,β-unsaturated/α-hetero) is 1. The van der Waals surface area contributed by atoms with Gasteiger partial charge in [0.25, 0.3) is 0 Å². The van der Waals surface area contributed by atoms with Gasteiger partial charge in [0.15, 0.2) is 28.8 Å². The smallest absolute Gasteiger partial charge is 0.231 e. The van der Waals surface area contributed by atoms with Crippen LogP contribution in [0.5, 0.6) is 23.0 Å². The van der Waals surface area contributed by atoms with Gasteiger partial charge in [0.1, 0.15) is 0 Å². The Bertz CT molecular complexity index is 1400. The third-order valence-electron chi connectivity index (χ3n) is 6.99. The van der Waals surface area contributed by atoms with Gasteiger partial charge in [-0.1, -0.05) is 29.8 Å². The third kappa shape index (κ3) is 3.80. The molecule has 3 aliphatic rings. The van der Waals surface area contributed by atoms with Crippen LogP contribution in [0.1, 0.15) is 35.9 Å². The molecule has 0 aromatic heterocycles. The minimum absolute atomic E-state index is 0.0123. The van der Waals surface area contributed by atoms with E-state index in [-0.39, 0.29) is 18.5 Å². The molecule has 2 unspecified atom stereocenters. The number of carbonyl (C=O) groups excluding carboxylic acids is 1. The fraction of sp³-hybridized carbons (Fsp3) is 0.250. The van der Waals surface area contributed by atoms with Gasteiger partial charge in [-0.05, 0) is 48.2 Å². The molecule has 36 heavy (non-hydrogen) atoms. The van der Waals surface area contributed by atoms with Crippen LogP contribution in [0, 0.1) is 0 Å². The molecule has 184 valence electrons. The number of benzene rings is 3. The second-order valence-electron chi connectivity index (χ2n) is 9.01. The fourth-order valence-corrected chi connectivity index (χ4v) is 5.48. The highest BCUT2D eigenvalue weighted by atomic mass is 35.5. The summed E-state index contributed by atoms with van der Waals surface area (Å²) in [5, 5.41) is 7.63. The van der Waals surface area contributed by atoms with E-state index < -0.39 is 6.04 Å². The maximum absolute atomic E-state index is 13.8. The number of methoxy groups -OCH3 is 2. The summed E-state index contributed by atoms with van der Waals surface area (Å²) in [5.74, 6) is 2.58. The number of carbonyl (C=O) groups is 1. The number of ether oxygens (including phenoxy) is 4. The molecular weight excluding hydrogens is 480 g/mol. The van der Waals surface area contributed by atoms with Crippen LogP contribution in [0.2, 0.25) is 5.02 Å². The molecule has 2 N–H and O–H groups in total. The molecule has 2 heterocycles. The van der Waals surface area contributed by atoms with Gasteiger partial charge in [-0.25, -0.2) is 0 Å². The molecule has 2 aliphatic heterocycles. The normalized spacial score (nSPS) is 20.0. The van der Waals surface area contributed by atoms with Gasteiger partial charge in [-0.2, -0.15) is 0 Å². The highest BCUT2D eigenvalue weighted by Gasteiger charge is 2.37. The van der Waals surface area contributed by atoms with E-state index in [1.54, 1.807) is 20.3 Å². The maximum Gasteiger partial charge on any atom is 0.231 e. The number of ketones is 1. The summed E-state index contributed by atoms with van der Waals surface area (Å²) in [6.45, 7) is 0.150. The van der Waals surface area contributed by atoms with Crippen LogP contribution in [-0.4, -0.2) is 26.8 Å². The Morgan fingerprint density at radius 3 is 2.44 bits per heavy atom. The molecule has 6 rings (SSSR count). The molecule has 8 heteroatoms. The Hall–Kier alpha value is -3.84. The van der Waals surface area contributed by atoms with Crippen LogP contribution >= 0.6 is 11.6 Å². The first-order valence-electron chi connectivity index (χ1n) is 11.8. The van der Waals surface area contributed by atoms with Crippen molar-refractivity contribution in [3.8, 4) is 23.0 Å². The van der Waals surface area contributed by atoms with E-state index >= 15 is 0 Å². The van der Waals surface area contributed by atoms with Crippen LogP contribution in [0.25, 0.3) is 0 Å². The van der Waals surface area contributed by atoms with Crippen molar-refractivity contribution in [1.29, 1.82) is 0 Å². The van der Waals surface area contributed by atoms with Crippen molar-refractivity contribution in [1.82, 2.24) is 0 Å². The molecule has 0 saturated heterocycles. The van der Waals surface area contributed by atoms with Crippen molar-refractivity contribution < 1.29 is 23.7 Å². The zero-order valence-corrected chi connectivity index (χ0v) is 20.6. The summed E-state index contributed by atoms with van der Waals surface area (Å²) in [5.41, 5.74) is 5.15. The Morgan fingerprint density at radius 1 is 0.917 bits per heavy atom. The number of nitrogens with one attached hydrogen (secondary N) is 2. The molecule has 7 nitrogen and oxygen atoms in total. The Morgan fingerprint density at radius 2 is 1.67 bits per heavy atom. The lowest BCUT2D eigenvalue weighted by molar-refractivity contribution is -0.116. The molecule has 0 spiro atoms. The van der Waals surface area contributed by atoms with E-state index in [1.165, 1.54) is 0 Å². The van der Waals surface area contributed by atoms with Gasteiger partial charge in [0.05, 0.1) is 36.7 Å². The third-order valence-corrected chi connectivity index (χ3v) is 7.32. The summed E-state index contributed by atoms with van der Waals surface area (Å²) < 4.78 is 22.0. The minimum Gasteiger partial charge on any atom is -0.493 e.